The second-order valence-electron chi connectivity index (χ2n) is 3.85. The zero-order valence-electron chi connectivity index (χ0n) is 9.78. The lowest BCUT2D eigenvalue weighted by Gasteiger charge is -2.13. The number of hydrogen-bond acceptors (Lipinski definition) is 3. The summed E-state index contributed by atoms with van der Waals surface area (Å²) in [6, 6.07) is 6.21. The van der Waals surface area contributed by atoms with E-state index in [1.165, 1.54) is 6.07 Å². The van der Waals surface area contributed by atoms with Gasteiger partial charge >= 0.3 is 0 Å². The van der Waals surface area contributed by atoms with E-state index in [-0.39, 0.29) is 15.9 Å². The highest BCUT2D eigenvalue weighted by Crippen LogP contribution is 2.34. The van der Waals surface area contributed by atoms with E-state index in [4.69, 9.17) is 23.2 Å². The molecule has 0 N–H and O–H groups in total. The number of aromatic nitrogens is 2. The first-order valence-electron chi connectivity index (χ1n) is 5.16. The minimum Gasteiger partial charge on any atom is -0.347 e. The van der Waals surface area contributed by atoms with Crippen LogP contribution in [0.25, 0.3) is 11.1 Å². The number of nitrogens with zero attached hydrogens (tertiary/aromatic N) is 3. The first-order chi connectivity index (χ1) is 8.50. The Kier molecular flexibility index (Phi) is 3.68. The Morgan fingerprint density at radius 3 is 2.11 bits per heavy atom. The fourth-order valence-corrected chi connectivity index (χ4v) is 2.07. The highest BCUT2D eigenvalue weighted by Gasteiger charge is 2.17. The lowest BCUT2D eigenvalue weighted by molar-refractivity contribution is 0.631. The van der Waals surface area contributed by atoms with Gasteiger partial charge in [-0.3, -0.25) is 0 Å². The molecule has 0 unspecified atom stereocenters. The van der Waals surface area contributed by atoms with Crippen LogP contribution in [0.3, 0.4) is 0 Å². The van der Waals surface area contributed by atoms with Crippen LogP contribution in [0.5, 0.6) is 0 Å². The van der Waals surface area contributed by atoms with E-state index in [1.807, 2.05) is 0 Å². The molecule has 0 radical (unpaired) electrons. The molecule has 1 aromatic heterocycles. The van der Waals surface area contributed by atoms with Gasteiger partial charge in [0.25, 0.3) is 0 Å². The van der Waals surface area contributed by atoms with Crippen molar-refractivity contribution in [1.82, 2.24) is 9.97 Å². The molecule has 0 atom stereocenters. The van der Waals surface area contributed by atoms with E-state index in [0.717, 1.165) is 0 Å². The number of benzene rings is 1. The van der Waals surface area contributed by atoms with Gasteiger partial charge in [0.1, 0.15) is 16.1 Å². The molecule has 3 nitrogen and oxygen atoms in total. The molecule has 2 rings (SSSR count). The van der Waals surface area contributed by atoms with Gasteiger partial charge in [-0.15, -0.1) is 0 Å². The summed E-state index contributed by atoms with van der Waals surface area (Å²) >= 11 is 12.1. The van der Waals surface area contributed by atoms with Crippen molar-refractivity contribution < 1.29 is 4.39 Å². The minimum atomic E-state index is -0.414. The maximum Gasteiger partial charge on any atom is 0.227 e. The van der Waals surface area contributed by atoms with E-state index in [2.05, 4.69) is 9.97 Å². The number of halogens is 3. The van der Waals surface area contributed by atoms with Gasteiger partial charge in [-0.25, -0.2) is 14.4 Å². The zero-order chi connectivity index (χ0) is 13.3. The molecule has 1 heterocycles. The van der Waals surface area contributed by atoms with Crippen molar-refractivity contribution in [3.05, 3.63) is 40.4 Å². The van der Waals surface area contributed by atoms with Crippen molar-refractivity contribution >= 4 is 29.2 Å². The molecule has 18 heavy (non-hydrogen) atoms. The molecule has 0 fully saturated rings. The first-order valence-corrected chi connectivity index (χ1v) is 5.91. The summed E-state index contributed by atoms with van der Waals surface area (Å²) in [5.74, 6) is -0.0346. The lowest BCUT2D eigenvalue weighted by Crippen LogP contribution is -2.13. The van der Waals surface area contributed by atoms with Crippen LogP contribution in [0.2, 0.25) is 10.3 Å². The fourth-order valence-electron chi connectivity index (χ4n) is 1.48. The van der Waals surface area contributed by atoms with Crippen LogP contribution in [0, 0.1) is 5.82 Å². The smallest absolute Gasteiger partial charge is 0.227 e. The van der Waals surface area contributed by atoms with Gasteiger partial charge in [0.15, 0.2) is 0 Å². The summed E-state index contributed by atoms with van der Waals surface area (Å²) in [5, 5.41) is 0.257. The highest BCUT2D eigenvalue weighted by molar-refractivity contribution is 6.37. The van der Waals surface area contributed by atoms with Crippen molar-refractivity contribution in [3.8, 4) is 11.1 Å². The van der Waals surface area contributed by atoms with E-state index < -0.39 is 5.82 Å². The fraction of sp³-hybridized carbons (Fsp3) is 0.167. The Morgan fingerprint density at radius 2 is 1.61 bits per heavy atom. The van der Waals surface area contributed by atoms with Crippen LogP contribution in [0.15, 0.2) is 24.3 Å². The first kappa shape index (κ1) is 13.1. The Morgan fingerprint density at radius 1 is 1.06 bits per heavy atom. The predicted molar refractivity (Wildman–Crippen MR) is 71.8 cm³/mol. The summed E-state index contributed by atoms with van der Waals surface area (Å²) in [7, 11) is 3.54. The topological polar surface area (TPSA) is 29.0 Å². The predicted octanol–water partition coefficient (Wildman–Crippen LogP) is 3.66. The molecule has 0 spiro atoms. The minimum absolute atomic E-state index is 0.129. The third kappa shape index (κ3) is 2.40. The Labute approximate surface area is 114 Å². The summed E-state index contributed by atoms with van der Waals surface area (Å²) in [5.41, 5.74) is 0.597. The molecule has 0 aliphatic carbocycles. The maximum absolute atomic E-state index is 13.7. The van der Waals surface area contributed by atoms with Crippen LogP contribution in [0.4, 0.5) is 10.3 Å². The van der Waals surface area contributed by atoms with Gasteiger partial charge in [-0.05, 0) is 6.07 Å². The maximum atomic E-state index is 13.7. The largest absolute Gasteiger partial charge is 0.347 e. The Balaban J connectivity index is 2.63. The summed E-state index contributed by atoms with van der Waals surface area (Å²) in [6.07, 6.45) is 0. The van der Waals surface area contributed by atoms with Crippen molar-refractivity contribution in [2.75, 3.05) is 19.0 Å². The second kappa shape index (κ2) is 5.08. The van der Waals surface area contributed by atoms with Gasteiger partial charge in [0.05, 0.1) is 5.56 Å². The van der Waals surface area contributed by atoms with Gasteiger partial charge < -0.3 is 4.90 Å². The molecule has 0 aliphatic rings. The van der Waals surface area contributed by atoms with Crippen LogP contribution in [0.1, 0.15) is 0 Å². The molecule has 0 aliphatic heterocycles. The van der Waals surface area contributed by atoms with Gasteiger partial charge in [0, 0.05) is 19.7 Å². The Bertz CT molecular complexity index is 564. The van der Waals surface area contributed by atoms with Gasteiger partial charge in [0.2, 0.25) is 5.95 Å². The van der Waals surface area contributed by atoms with Crippen LogP contribution >= 0.6 is 23.2 Å². The molecule has 2 aromatic rings. The summed E-state index contributed by atoms with van der Waals surface area (Å²) < 4.78 is 13.7. The quantitative estimate of drug-likeness (QED) is 0.789. The molecule has 6 heteroatoms. The summed E-state index contributed by atoms with van der Waals surface area (Å²) in [4.78, 5) is 9.83. The van der Waals surface area contributed by atoms with Crippen molar-refractivity contribution in [3.63, 3.8) is 0 Å². The number of hydrogen-bond donors (Lipinski definition) is 0. The molecule has 0 saturated heterocycles. The van der Waals surface area contributed by atoms with E-state index >= 15 is 0 Å². The lowest BCUT2D eigenvalue weighted by atomic mass is 10.1. The third-order valence-corrected chi connectivity index (χ3v) is 2.90. The highest BCUT2D eigenvalue weighted by atomic mass is 35.5. The van der Waals surface area contributed by atoms with Crippen molar-refractivity contribution in [2.24, 2.45) is 0 Å². The van der Waals surface area contributed by atoms with Crippen molar-refractivity contribution in [1.29, 1.82) is 0 Å². The van der Waals surface area contributed by atoms with Gasteiger partial charge in [-0.2, -0.15) is 0 Å². The van der Waals surface area contributed by atoms with E-state index in [1.54, 1.807) is 37.2 Å². The second-order valence-corrected chi connectivity index (χ2v) is 4.57. The SMILES string of the molecule is CN(C)c1nc(Cl)c(-c2ccccc2F)c(Cl)n1. The molecule has 1 aromatic carbocycles. The number of anilines is 1. The summed E-state index contributed by atoms with van der Waals surface area (Å²) in [6.45, 7) is 0. The normalized spacial score (nSPS) is 10.5. The zero-order valence-corrected chi connectivity index (χ0v) is 11.3. The van der Waals surface area contributed by atoms with Crippen LogP contribution < -0.4 is 4.90 Å². The molecular formula is C12H10Cl2FN3. The van der Waals surface area contributed by atoms with Crippen molar-refractivity contribution in [2.45, 2.75) is 0 Å². The van der Waals surface area contributed by atoms with Gasteiger partial charge in [-0.1, -0.05) is 41.4 Å². The molecular weight excluding hydrogens is 276 g/mol. The monoisotopic (exact) mass is 285 g/mol. The van der Waals surface area contributed by atoms with E-state index in [0.29, 0.717) is 11.5 Å². The van der Waals surface area contributed by atoms with E-state index in [9.17, 15) is 4.39 Å². The number of rotatable bonds is 2. The average Bonchev–Trinajstić information content (AvgIpc) is 2.30. The molecule has 0 amide bonds. The average molecular weight is 286 g/mol. The molecule has 94 valence electrons. The Hall–Kier alpha value is -1.39. The third-order valence-electron chi connectivity index (χ3n) is 2.35. The van der Waals surface area contributed by atoms with Crippen LogP contribution in [-0.4, -0.2) is 24.1 Å². The standard InChI is InChI=1S/C12H10Cl2FN3/c1-18(2)12-16-10(13)9(11(14)17-12)7-5-3-4-6-8(7)15/h3-6H,1-2H3. The molecule has 0 saturated carbocycles. The molecule has 0 bridgehead atoms. The van der Waals surface area contributed by atoms with Crippen LogP contribution in [-0.2, 0) is 0 Å².